The summed E-state index contributed by atoms with van der Waals surface area (Å²) in [6.07, 6.45) is 3.13. The van der Waals surface area contributed by atoms with Crippen molar-refractivity contribution in [3.8, 4) is 11.5 Å². The average molecular weight is 275 g/mol. The van der Waals surface area contributed by atoms with Crippen molar-refractivity contribution in [2.75, 3.05) is 27.0 Å². The van der Waals surface area contributed by atoms with Crippen LogP contribution in [-0.4, -0.2) is 38.0 Å². The number of piperidine rings is 1. The van der Waals surface area contributed by atoms with Crippen LogP contribution in [-0.2, 0) is 11.3 Å². The topological polar surface area (TPSA) is 30.9 Å². The maximum Gasteiger partial charge on any atom is 0.231 e. The SMILES string of the molecule is COC1[C@@H]2CC[C@H]1CN(Cc1ccc3c(c1)OCO3)C2. The molecule has 4 rings (SSSR count). The normalized spacial score (nSPS) is 31.8. The van der Waals surface area contributed by atoms with Crippen LogP contribution in [0.5, 0.6) is 11.5 Å². The Balaban J connectivity index is 1.45. The molecule has 20 heavy (non-hydrogen) atoms. The van der Waals surface area contributed by atoms with Gasteiger partial charge < -0.3 is 14.2 Å². The molecule has 1 saturated carbocycles. The van der Waals surface area contributed by atoms with E-state index in [0.717, 1.165) is 31.1 Å². The van der Waals surface area contributed by atoms with E-state index in [0.29, 0.717) is 24.7 Å². The second kappa shape index (κ2) is 4.93. The minimum Gasteiger partial charge on any atom is -0.454 e. The number of nitrogens with zero attached hydrogens (tertiary/aromatic N) is 1. The van der Waals surface area contributed by atoms with Crippen molar-refractivity contribution < 1.29 is 14.2 Å². The zero-order chi connectivity index (χ0) is 13.5. The highest BCUT2D eigenvalue weighted by Gasteiger charge is 2.41. The van der Waals surface area contributed by atoms with Gasteiger partial charge in [0.25, 0.3) is 0 Å². The molecule has 0 radical (unpaired) electrons. The lowest BCUT2D eigenvalue weighted by Gasteiger charge is -2.37. The molecule has 1 aromatic carbocycles. The van der Waals surface area contributed by atoms with Gasteiger partial charge in [0.2, 0.25) is 6.79 Å². The summed E-state index contributed by atoms with van der Waals surface area (Å²) in [5, 5.41) is 0. The van der Waals surface area contributed by atoms with Crippen LogP contribution in [0.4, 0.5) is 0 Å². The third-order valence-electron chi connectivity index (χ3n) is 4.94. The molecule has 1 unspecified atom stereocenters. The Hall–Kier alpha value is -1.26. The number of ether oxygens (including phenoxy) is 3. The van der Waals surface area contributed by atoms with Crippen LogP contribution in [0.15, 0.2) is 18.2 Å². The quantitative estimate of drug-likeness (QED) is 0.847. The van der Waals surface area contributed by atoms with Gasteiger partial charge in [-0.2, -0.15) is 0 Å². The Morgan fingerprint density at radius 2 is 1.90 bits per heavy atom. The van der Waals surface area contributed by atoms with Gasteiger partial charge in [0.1, 0.15) is 0 Å². The Morgan fingerprint density at radius 1 is 1.15 bits per heavy atom. The third kappa shape index (κ3) is 2.07. The van der Waals surface area contributed by atoms with E-state index in [1.54, 1.807) is 0 Å². The van der Waals surface area contributed by atoms with Crippen LogP contribution in [0.1, 0.15) is 18.4 Å². The van der Waals surface area contributed by atoms with Crippen molar-refractivity contribution in [2.24, 2.45) is 11.8 Å². The van der Waals surface area contributed by atoms with Crippen LogP contribution in [0.2, 0.25) is 0 Å². The van der Waals surface area contributed by atoms with Crippen LogP contribution in [0.25, 0.3) is 0 Å². The van der Waals surface area contributed by atoms with Crippen LogP contribution >= 0.6 is 0 Å². The Labute approximate surface area is 119 Å². The average Bonchev–Trinajstić information content (AvgIpc) is 3.01. The van der Waals surface area contributed by atoms with Gasteiger partial charge in [0.05, 0.1) is 6.10 Å². The van der Waals surface area contributed by atoms with Crippen molar-refractivity contribution in [3.63, 3.8) is 0 Å². The maximum atomic E-state index is 5.67. The molecule has 2 fully saturated rings. The van der Waals surface area contributed by atoms with Crippen molar-refractivity contribution in [1.82, 2.24) is 4.90 Å². The minimum atomic E-state index is 0.349. The molecule has 4 heteroatoms. The van der Waals surface area contributed by atoms with Crippen molar-refractivity contribution in [2.45, 2.75) is 25.5 Å². The molecule has 0 N–H and O–H groups in total. The maximum absolute atomic E-state index is 5.67. The molecule has 3 atom stereocenters. The van der Waals surface area contributed by atoms with Gasteiger partial charge in [-0.3, -0.25) is 4.90 Å². The largest absolute Gasteiger partial charge is 0.454 e. The number of methoxy groups -OCH3 is 1. The molecule has 2 heterocycles. The number of rotatable bonds is 3. The van der Waals surface area contributed by atoms with E-state index >= 15 is 0 Å². The van der Waals surface area contributed by atoms with E-state index in [1.807, 2.05) is 13.2 Å². The van der Waals surface area contributed by atoms with Crippen molar-refractivity contribution in [3.05, 3.63) is 23.8 Å². The highest BCUT2D eigenvalue weighted by molar-refractivity contribution is 5.44. The fourth-order valence-corrected chi connectivity index (χ4v) is 4.08. The summed E-state index contributed by atoms with van der Waals surface area (Å²) < 4.78 is 16.5. The van der Waals surface area contributed by atoms with Crippen molar-refractivity contribution in [1.29, 1.82) is 0 Å². The second-order valence-electron chi connectivity index (χ2n) is 6.18. The molecule has 0 amide bonds. The number of hydrogen-bond donors (Lipinski definition) is 0. The van der Waals surface area contributed by atoms with Gasteiger partial charge in [0.15, 0.2) is 11.5 Å². The third-order valence-corrected chi connectivity index (χ3v) is 4.94. The fourth-order valence-electron chi connectivity index (χ4n) is 4.08. The highest BCUT2D eigenvalue weighted by atomic mass is 16.7. The van der Waals surface area contributed by atoms with Crippen LogP contribution < -0.4 is 9.47 Å². The molecule has 2 bridgehead atoms. The van der Waals surface area contributed by atoms with E-state index in [4.69, 9.17) is 14.2 Å². The summed E-state index contributed by atoms with van der Waals surface area (Å²) >= 11 is 0. The molecule has 1 saturated heterocycles. The second-order valence-corrected chi connectivity index (χ2v) is 6.18. The molecule has 4 nitrogen and oxygen atoms in total. The first-order chi connectivity index (χ1) is 9.83. The van der Waals surface area contributed by atoms with Gasteiger partial charge in [0, 0.05) is 26.7 Å². The highest BCUT2D eigenvalue weighted by Crippen LogP contribution is 2.39. The summed E-state index contributed by atoms with van der Waals surface area (Å²) in [6.45, 7) is 3.66. The number of benzene rings is 1. The summed E-state index contributed by atoms with van der Waals surface area (Å²) in [4.78, 5) is 2.56. The molecule has 108 valence electrons. The standard InChI is InChI=1S/C16H21NO3/c1-18-16-12-3-4-13(16)9-17(8-12)7-11-2-5-14-15(6-11)20-10-19-14/h2,5-6,12-13,16H,3-4,7-10H2,1H3/t12-,13+,16?. The summed E-state index contributed by atoms with van der Waals surface area (Å²) in [6, 6.07) is 6.29. The van der Waals surface area contributed by atoms with Gasteiger partial charge in [-0.1, -0.05) is 6.07 Å². The van der Waals surface area contributed by atoms with Gasteiger partial charge in [-0.15, -0.1) is 0 Å². The first-order valence-corrected chi connectivity index (χ1v) is 7.47. The lowest BCUT2D eigenvalue weighted by molar-refractivity contribution is -0.0180. The lowest BCUT2D eigenvalue weighted by atomic mass is 9.94. The predicted octanol–water partition coefficient (Wildman–Crippen LogP) is 2.27. The number of hydrogen-bond acceptors (Lipinski definition) is 4. The smallest absolute Gasteiger partial charge is 0.231 e. The first-order valence-electron chi connectivity index (χ1n) is 7.47. The molecule has 3 aliphatic rings. The van der Waals surface area contributed by atoms with Crippen LogP contribution in [0, 0.1) is 11.8 Å². The van der Waals surface area contributed by atoms with Gasteiger partial charge >= 0.3 is 0 Å². The Morgan fingerprint density at radius 3 is 2.65 bits per heavy atom. The molecule has 0 aromatic heterocycles. The van der Waals surface area contributed by atoms with E-state index in [1.165, 1.54) is 18.4 Å². The number of fused-ring (bicyclic) bond motifs is 3. The Bertz CT molecular complexity index is 490. The Kier molecular flexibility index (Phi) is 3.08. The predicted molar refractivity (Wildman–Crippen MR) is 74.9 cm³/mol. The lowest BCUT2D eigenvalue weighted by Crippen LogP contribution is -2.45. The van der Waals surface area contributed by atoms with E-state index in [9.17, 15) is 0 Å². The number of likely N-dealkylation sites (tertiary alicyclic amines) is 1. The minimum absolute atomic E-state index is 0.349. The molecule has 1 aromatic rings. The summed E-state index contributed by atoms with van der Waals surface area (Å²) in [5.74, 6) is 3.18. The summed E-state index contributed by atoms with van der Waals surface area (Å²) in [5.41, 5.74) is 1.31. The molecule has 0 spiro atoms. The van der Waals surface area contributed by atoms with E-state index in [2.05, 4.69) is 17.0 Å². The van der Waals surface area contributed by atoms with Gasteiger partial charge in [-0.05, 0) is 42.4 Å². The molecule has 1 aliphatic carbocycles. The molecule has 2 aliphatic heterocycles. The fraction of sp³-hybridized carbons (Fsp3) is 0.625. The molecular weight excluding hydrogens is 254 g/mol. The zero-order valence-electron chi connectivity index (χ0n) is 11.9. The van der Waals surface area contributed by atoms with Crippen LogP contribution in [0.3, 0.4) is 0 Å². The van der Waals surface area contributed by atoms with Crippen molar-refractivity contribution >= 4 is 0 Å². The van der Waals surface area contributed by atoms with E-state index in [-0.39, 0.29) is 0 Å². The first kappa shape index (κ1) is 12.5. The molecular formula is C16H21NO3. The van der Waals surface area contributed by atoms with E-state index < -0.39 is 0 Å². The summed E-state index contributed by atoms with van der Waals surface area (Å²) in [7, 11) is 1.86. The zero-order valence-corrected chi connectivity index (χ0v) is 11.9. The monoisotopic (exact) mass is 275 g/mol. The van der Waals surface area contributed by atoms with Gasteiger partial charge in [-0.25, -0.2) is 0 Å².